The van der Waals surface area contributed by atoms with Crippen LogP contribution in [-0.2, 0) is 9.53 Å². The van der Waals surface area contributed by atoms with Gasteiger partial charge in [0.25, 0.3) is 0 Å². The van der Waals surface area contributed by atoms with Gasteiger partial charge in [-0.3, -0.25) is 0 Å². The Labute approximate surface area is 99.9 Å². The molecule has 92 valence electrons. The van der Waals surface area contributed by atoms with Crippen LogP contribution in [0.15, 0.2) is 29.8 Å². The van der Waals surface area contributed by atoms with Gasteiger partial charge in [0.15, 0.2) is 0 Å². The van der Waals surface area contributed by atoms with Crippen LogP contribution in [0, 0.1) is 12.7 Å². The average Bonchev–Trinajstić information content (AvgIpc) is 2.32. The molecule has 0 unspecified atom stereocenters. The van der Waals surface area contributed by atoms with Crippen LogP contribution in [0.1, 0.15) is 12.5 Å². The number of hydrogen-bond acceptors (Lipinski definition) is 3. The zero-order valence-corrected chi connectivity index (χ0v) is 10.1. The highest BCUT2D eigenvalue weighted by molar-refractivity contribution is 5.87. The van der Waals surface area contributed by atoms with Crippen molar-refractivity contribution >= 4 is 5.97 Å². The number of halogens is 1. The number of aryl methyl sites for hydroxylation is 1. The predicted octanol–water partition coefficient (Wildman–Crippen LogP) is 2.63. The summed E-state index contributed by atoms with van der Waals surface area (Å²) in [4.78, 5) is 11.1. The van der Waals surface area contributed by atoms with Gasteiger partial charge in [-0.1, -0.05) is 0 Å². The first-order valence-corrected chi connectivity index (χ1v) is 5.18. The van der Waals surface area contributed by atoms with E-state index in [0.29, 0.717) is 16.9 Å². The molecule has 0 spiro atoms. The molecule has 0 aliphatic heterocycles. The Morgan fingerprint density at radius 2 is 2.18 bits per heavy atom. The topological polar surface area (TPSA) is 35.5 Å². The summed E-state index contributed by atoms with van der Waals surface area (Å²) in [5, 5.41) is 0. The molecule has 0 fully saturated rings. The lowest BCUT2D eigenvalue weighted by Crippen LogP contribution is -2.04. The zero-order valence-electron chi connectivity index (χ0n) is 10.1. The Hall–Kier alpha value is -1.84. The van der Waals surface area contributed by atoms with Crippen LogP contribution in [-0.4, -0.2) is 19.7 Å². The molecule has 0 saturated heterocycles. The van der Waals surface area contributed by atoms with Crippen molar-refractivity contribution in [3.05, 3.63) is 41.2 Å². The number of rotatable bonds is 4. The fourth-order valence-electron chi connectivity index (χ4n) is 1.21. The fraction of sp³-hybridized carbons (Fsp3) is 0.308. The van der Waals surface area contributed by atoms with Crippen molar-refractivity contribution in [3.8, 4) is 5.75 Å². The standard InChI is InChI=1S/C13H15FO3/c1-9(13(15)16-3)6-7-17-11-4-5-12(14)10(2)8-11/h4-6,8H,7H2,1-3H3/b9-6+. The lowest BCUT2D eigenvalue weighted by Gasteiger charge is -2.05. The molecule has 1 rings (SSSR count). The zero-order chi connectivity index (χ0) is 12.8. The molecule has 0 atom stereocenters. The van der Waals surface area contributed by atoms with Crippen molar-refractivity contribution in [1.82, 2.24) is 0 Å². The number of methoxy groups -OCH3 is 1. The van der Waals surface area contributed by atoms with E-state index in [4.69, 9.17) is 4.74 Å². The molecule has 0 saturated carbocycles. The lowest BCUT2D eigenvalue weighted by molar-refractivity contribution is -0.136. The van der Waals surface area contributed by atoms with E-state index < -0.39 is 0 Å². The lowest BCUT2D eigenvalue weighted by atomic mass is 10.2. The van der Waals surface area contributed by atoms with E-state index in [1.165, 1.54) is 13.2 Å². The number of carbonyl (C=O) groups excluding carboxylic acids is 1. The van der Waals surface area contributed by atoms with Crippen LogP contribution in [0.5, 0.6) is 5.75 Å². The second-order valence-corrected chi connectivity index (χ2v) is 3.60. The Bertz CT molecular complexity index is 438. The van der Waals surface area contributed by atoms with Crippen molar-refractivity contribution < 1.29 is 18.7 Å². The summed E-state index contributed by atoms with van der Waals surface area (Å²) in [6, 6.07) is 4.50. The summed E-state index contributed by atoms with van der Waals surface area (Å²) < 4.78 is 22.9. The first-order valence-electron chi connectivity index (χ1n) is 5.18. The largest absolute Gasteiger partial charge is 0.490 e. The van der Waals surface area contributed by atoms with Crippen molar-refractivity contribution in [2.45, 2.75) is 13.8 Å². The van der Waals surface area contributed by atoms with Crippen molar-refractivity contribution in [2.75, 3.05) is 13.7 Å². The Morgan fingerprint density at radius 1 is 1.47 bits per heavy atom. The van der Waals surface area contributed by atoms with E-state index in [9.17, 15) is 9.18 Å². The van der Waals surface area contributed by atoms with Crippen molar-refractivity contribution in [3.63, 3.8) is 0 Å². The van der Waals surface area contributed by atoms with Crippen molar-refractivity contribution in [1.29, 1.82) is 0 Å². The molecule has 1 aromatic rings. The van der Waals surface area contributed by atoms with E-state index in [0.717, 1.165) is 0 Å². The average molecular weight is 238 g/mol. The first-order chi connectivity index (χ1) is 8.04. The Morgan fingerprint density at radius 3 is 2.76 bits per heavy atom. The summed E-state index contributed by atoms with van der Waals surface area (Å²) in [6.45, 7) is 3.55. The van der Waals surface area contributed by atoms with Gasteiger partial charge in [0.1, 0.15) is 18.2 Å². The highest BCUT2D eigenvalue weighted by Gasteiger charge is 2.02. The fourth-order valence-corrected chi connectivity index (χ4v) is 1.21. The molecule has 17 heavy (non-hydrogen) atoms. The van der Waals surface area contributed by atoms with E-state index >= 15 is 0 Å². The monoisotopic (exact) mass is 238 g/mol. The second kappa shape index (κ2) is 6.03. The predicted molar refractivity (Wildman–Crippen MR) is 62.4 cm³/mol. The quantitative estimate of drug-likeness (QED) is 0.597. The molecule has 0 heterocycles. The molecular formula is C13H15FO3. The van der Waals surface area contributed by atoms with E-state index in [-0.39, 0.29) is 18.4 Å². The smallest absolute Gasteiger partial charge is 0.333 e. The highest BCUT2D eigenvalue weighted by Crippen LogP contribution is 2.15. The maximum Gasteiger partial charge on any atom is 0.333 e. The van der Waals surface area contributed by atoms with Gasteiger partial charge >= 0.3 is 5.97 Å². The SMILES string of the molecule is COC(=O)/C(C)=C/COc1ccc(F)c(C)c1. The van der Waals surface area contributed by atoms with Gasteiger partial charge in [0.2, 0.25) is 0 Å². The van der Waals surface area contributed by atoms with Crippen molar-refractivity contribution in [2.24, 2.45) is 0 Å². The highest BCUT2D eigenvalue weighted by atomic mass is 19.1. The van der Waals surface area contributed by atoms with E-state index in [1.54, 1.807) is 32.1 Å². The summed E-state index contributed by atoms with van der Waals surface area (Å²) >= 11 is 0. The Kier molecular flexibility index (Phi) is 4.69. The van der Waals surface area contributed by atoms with Gasteiger partial charge in [0.05, 0.1) is 7.11 Å². The van der Waals surface area contributed by atoms with Crippen LogP contribution in [0.25, 0.3) is 0 Å². The van der Waals surface area contributed by atoms with Gasteiger partial charge in [-0.15, -0.1) is 0 Å². The van der Waals surface area contributed by atoms with Crippen LogP contribution in [0.2, 0.25) is 0 Å². The third-order valence-electron chi connectivity index (χ3n) is 2.28. The van der Waals surface area contributed by atoms with E-state index in [1.807, 2.05) is 0 Å². The normalized spacial score (nSPS) is 11.2. The van der Waals surface area contributed by atoms with Gasteiger partial charge in [-0.25, -0.2) is 9.18 Å². The third kappa shape index (κ3) is 3.90. The summed E-state index contributed by atoms with van der Waals surface area (Å²) in [7, 11) is 1.32. The number of hydrogen-bond donors (Lipinski definition) is 0. The molecule has 3 nitrogen and oxygen atoms in total. The molecular weight excluding hydrogens is 223 g/mol. The summed E-state index contributed by atoms with van der Waals surface area (Å²) in [5.41, 5.74) is 1.00. The van der Waals surface area contributed by atoms with Gasteiger partial charge in [-0.05, 0) is 43.7 Å². The van der Waals surface area contributed by atoms with Gasteiger partial charge < -0.3 is 9.47 Å². The molecule has 0 aliphatic carbocycles. The molecule has 0 aliphatic rings. The van der Waals surface area contributed by atoms with Crippen LogP contribution >= 0.6 is 0 Å². The van der Waals surface area contributed by atoms with Gasteiger partial charge in [-0.2, -0.15) is 0 Å². The summed E-state index contributed by atoms with van der Waals surface area (Å²) in [6.07, 6.45) is 1.62. The van der Waals surface area contributed by atoms with Gasteiger partial charge in [0, 0.05) is 5.57 Å². The Balaban J connectivity index is 2.56. The second-order valence-electron chi connectivity index (χ2n) is 3.60. The molecule has 0 amide bonds. The number of ether oxygens (including phenoxy) is 2. The summed E-state index contributed by atoms with van der Waals surface area (Å²) in [5.74, 6) is -0.0830. The minimum atomic E-state index is -0.385. The molecule has 0 aromatic heterocycles. The number of benzene rings is 1. The minimum absolute atomic E-state index is 0.242. The number of carbonyl (C=O) groups is 1. The van der Waals surface area contributed by atoms with Crippen LogP contribution in [0.3, 0.4) is 0 Å². The maximum absolute atomic E-state index is 13.0. The minimum Gasteiger partial charge on any atom is -0.490 e. The maximum atomic E-state index is 13.0. The molecule has 0 bridgehead atoms. The van der Waals surface area contributed by atoms with Crippen LogP contribution < -0.4 is 4.74 Å². The molecule has 0 radical (unpaired) electrons. The first kappa shape index (κ1) is 13.2. The molecule has 4 heteroatoms. The molecule has 0 N–H and O–H groups in total. The number of esters is 1. The molecule has 1 aromatic carbocycles. The third-order valence-corrected chi connectivity index (χ3v) is 2.28. The van der Waals surface area contributed by atoms with E-state index in [2.05, 4.69) is 4.74 Å². The van der Waals surface area contributed by atoms with Crippen LogP contribution in [0.4, 0.5) is 4.39 Å².